The molecule has 1 aliphatic heterocycles. The van der Waals surface area contributed by atoms with Gasteiger partial charge >= 0.3 is 5.97 Å². The highest BCUT2D eigenvalue weighted by molar-refractivity contribution is 7.17. The maximum absolute atomic E-state index is 12.4. The van der Waals surface area contributed by atoms with E-state index >= 15 is 0 Å². The maximum atomic E-state index is 12.4. The number of piperidine rings is 1. The number of aromatic nitrogens is 2. The molecule has 0 saturated carbocycles. The molecular formula is C18H20N4O4S. The first-order valence-corrected chi connectivity index (χ1v) is 9.43. The summed E-state index contributed by atoms with van der Waals surface area (Å²) in [7, 11) is 0. The Morgan fingerprint density at radius 2 is 2.15 bits per heavy atom. The monoisotopic (exact) mass is 388 g/mol. The van der Waals surface area contributed by atoms with Crippen molar-refractivity contribution in [1.82, 2.24) is 14.9 Å². The number of hydrogen-bond donors (Lipinski definition) is 1. The Hall–Kier alpha value is -2.81. The summed E-state index contributed by atoms with van der Waals surface area (Å²) in [4.78, 5) is 46.6. The molecule has 27 heavy (non-hydrogen) atoms. The van der Waals surface area contributed by atoms with E-state index in [0.29, 0.717) is 34.2 Å². The highest BCUT2D eigenvalue weighted by Gasteiger charge is 2.31. The molecule has 1 fully saturated rings. The van der Waals surface area contributed by atoms with Crippen LogP contribution in [0.25, 0.3) is 10.7 Å². The zero-order valence-electron chi connectivity index (χ0n) is 14.9. The van der Waals surface area contributed by atoms with Gasteiger partial charge < -0.3 is 15.4 Å². The van der Waals surface area contributed by atoms with Gasteiger partial charge in [0, 0.05) is 12.7 Å². The van der Waals surface area contributed by atoms with E-state index in [1.54, 1.807) is 25.3 Å². The van der Waals surface area contributed by atoms with Crippen molar-refractivity contribution in [2.45, 2.75) is 32.2 Å². The molecule has 142 valence electrons. The molecule has 9 heteroatoms. The number of nitrogens with zero attached hydrogens (tertiary/aromatic N) is 3. The molecule has 0 aromatic carbocycles. The van der Waals surface area contributed by atoms with Crippen molar-refractivity contribution in [3.63, 3.8) is 0 Å². The van der Waals surface area contributed by atoms with Crippen molar-refractivity contribution in [3.05, 3.63) is 35.0 Å². The smallest absolute Gasteiger partial charge is 0.350 e. The molecule has 3 rings (SSSR count). The van der Waals surface area contributed by atoms with E-state index in [1.807, 2.05) is 6.07 Å². The molecule has 0 bridgehead atoms. The van der Waals surface area contributed by atoms with Crippen molar-refractivity contribution in [2.24, 2.45) is 5.73 Å². The quantitative estimate of drug-likeness (QED) is 0.777. The Labute approximate surface area is 160 Å². The molecule has 2 N–H and O–H groups in total. The molecule has 3 heterocycles. The summed E-state index contributed by atoms with van der Waals surface area (Å²) >= 11 is 1.17. The largest absolute Gasteiger partial charge is 0.451 e. The van der Waals surface area contributed by atoms with Crippen molar-refractivity contribution in [2.75, 3.05) is 13.2 Å². The van der Waals surface area contributed by atoms with Crippen molar-refractivity contribution in [1.29, 1.82) is 0 Å². The summed E-state index contributed by atoms with van der Waals surface area (Å²) in [5.41, 5.74) is 6.55. The van der Waals surface area contributed by atoms with Gasteiger partial charge in [0.15, 0.2) is 6.61 Å². The minimum absolute atomic E-state index is 0.327. The fraction of sp³-hybridized carbons (Fsp3) is 0.389. The number of esters is 1. The maximum Gasteiger partial charge on any atom is 0.350 e. The third-order valence-corrected chi connectivity index (χ3v) is 5.50. The number of aryl methyl sites for hydroxylation is 1. The second-order valence-electron chi connectivity index (χ2n) is 6.23. The number of likely N-dealkylation sites (tertiary alicyclic amines) is 1. The first-order chi connectivity index (χ1) is 13.0. The van der Waals surface area contributed by atoms with E-state index in [-0.39, 0.29) is 0 Å². The fourth-order valence-electron chi connectivity index (χ4n) is 2.99. The van der Waals surface area contributed by atoms with Crippen LogP contribution in [0.3, 0.4) is 0 Å². The predicted octanol–water partition coefficient (Wildman–Crippen LogP) is 1.54. The first kappa shape index (κ1) is 19.0. The Balaban J connectivity index is 1.65. The summed E-state index contributed by atoms with van der Waals surface area (Å²) in [6.07, 6.45) is 3.82. The van der Waals surface area contributed by atoms with Crippen LogP contribution in [-0.2, 0) is 14.3 Å². The van der Waals surface area contributed by atoms with Gasteiger partial charge in [-0.2, -0.15) is 0 Å². The molecule has 0 unspecified atom stereocenters. The Morgan fingerprint density at radius 3 is 2.85 bits per heavy atom. The Kier molecular flexibility index (Phi) is 5.80. The normalized spacial score (nSPS) is 16.8. The standard InChI is InChI=1S/C18H20N4O4S/c1-11-15(27-17(21-11)12-6-2-4-8-20-12)18(25)26-10-14(23)22-9-5-3-7-13(22)16(19)24/h2,4,6,8,13H,3,5,7,9-10H2,1H3,(H2,19,24)/t13-/m1/s1. The van der Waals surface area contributed by atoms with Gasteiger partial charge in [-0.15, -0.1) is 11.3 Å². The van der Waals surface area contributed by atoms with Crippen LogP contribution < -0.4 is 5.73 Å². The minimum atomic E-state index is -0.633. The second-order valence-corrected chi connectivity index (χ2v) is 7.22. The fourth-order valence-corrected chi connectivity index (χ4v) is 3.92. The van der Waals surface area contributed by atoms with E-state index in [0.717, 1.165) is 12.8 Å². The number of carbonyl (C=O) groups is 3. The highest BCUT2D eigenvalue weighted by Crippen LogP contribution is 2.27. The number of ether oxygens (including phenoxy) is 1. The molecule has 2 aromatic rings. The van der Waals surface area contributed by atoms with E-state index in [1.165, 1.54) is 16.2 Å². The molecule has 8 nitrogen and oxygen atoms in total. The molecule has 0 radical (unpaired) electrons. The van der Waals surface area contributed by atoms with Gasteiger partial charge in [-0.1, -0.05) is 6.07 Å². The molecule has 2 aromatic heterocycles. The van der Waals surface area contributed by atoms with Gasteiger partial charge in [0.25, 0.3) is 5.91 Å². The molecule has 2 amide bonds. The zero-order chi connectivity index (χ0) is 19.4. The number of hydrogen-bond acceptors (Lipinski definition) is 7. The van der Waals surface area contributed by atoms with E-state index < -0.39 is 30.4 Å². The number of carbonyl (C=O) groups excluding carboxylic acids is 3. The average Bonchev–Trinajstić information content (AvgIpc) is 3.08. The molecule has 1 aliphatic rings. The zero-order valence-corrected chi connectivity index (χ0v) is 15.7. The summed E-state index contributed by atoms with van der Waals surface area (Å²) in [6, 6.07) is 4.80. The summed E-state index contributed by atoms with van der Waals surface area (Å²) < 4.78 is 5.17. The van der Waals surface area contributed by atoms with Crippen LogP contribution in [0, 0.1) is 6.92 Å². The number of nitrogens with two attached hydrogens (primary N) is 1. The van der Waals surface area contributed by atoms with Gasteiger partial charge in [-0.3, -0.25) is 14.6 Å². The number of thiazole rings is 1. The van der Waals surface area contributed by atoms with Gasteiger partial charge in [-0.05, 0) is 38.3 Å². The third kappa shape index (κ3) is 4.30. The summed E-state index contributed by atoms with van der Waals surface area (Å²) in [6.45, 7) is 1.71. The summed E-state index contributed by atoms with van der Waals surface area (Å²) in [5.74, 6) is -1.57. The molecule has 1 atom stereocenters. The lowest BCUT2D eigenvalue weighted by Gasteiger charge is -2.33. The lowest BCUT2D eigenvalue weighted by molar-refractivity contribution is -0.143. The number of primary amides is 1. The van der Waals surface area contributed by atoms with Crippen LogP contribution in [0.5, 0.6) is 0 Å². The predicted molar refractivity (Wildman–Crippen MR) is 98.9 cm³/mol. The number of amides is 2. The van der Waals surface area contributed by atoms with E-state index in [9.17, 15) is 14.4 Å². The van der Waals surface area contributed by atoms with Gasteiger partial charge in [0.05, 0.1) is 11.4 Å². The van der Waals surface area contributed by atoms with E-state index in [4.69, 9.17) is 10.5 Å². The minimum Gasteiger partial charge on any atom is -0.451 e. The summed E-state index contributed by atoms with van der Waals surface area (Å²) in [5, 5.41) is 0.608. The first-order valence-electron chi connectivity index (χ1n) is 8.62. The Bertz CT molecular complexity index is 852. The van der Waals surface area contributed by atoms with Crippen molar-refractivity contribution < 1.29 is 19.1 Å². The SMILES string of the molecule is Cc1nc(-c2ccccn2)sc1C(=O)OCC(=O)N1CCCC[C@@H]1C(N)=O. The molecule has 0 aliphatic carbocycles. The topological polar surface area (TPSA) is 115 Å². The van der Waals surface area contributed by atoms with Crippen LogP contribution in [-0.4, -0.2) is 51.8 Å². The highest BCUT2D eigenvalue weighted by atomic mass is 32.1. The average molecular weight is 388 g/mol. The van der Waals surface area contributed by atoms with Crippen LogP contribution in [0.2, 0.25) is 0 Å². The number of rotatable bonds is 5. The van der Waals surface area contributed by atoms with Gasteiger partial charge in [0.1, 0.15) is 15.9 Å². The lowest BCUT2D eigenvalue weighted by Crippen LogP contribution is -2.51. The lowest BCUT2D eigenvalue weighted by atomic mass is 10.0. The van der Waals surface area contributed by atoms with Gasteiger partial charge in [0.2, 0.25) is 5.91 Å². The Morgan fingerprint density at radius 1 is 1.33 bits per heavy atom. The number of pyridine rings is 1. The van der Waals surface area contributed by atoms with Crippen LogP contribution >= 0.6 is 11.3 Å². The molecule has 1 saturated heterocycles. The molecule has 0 spiro atoms. The van der Waals surface area contributed by atoms with Crippen LogP contribution in [0.15, 0.2) is 24.4 Å². The molecular weight excluding hydrogens is 368 g/mol. The van der Waals surface area contributed by atoms with Crippen LogP contribution in [0.4, 0.5) is 0 Å². The van der Waals surface area contributed by atoms with E-state index in [2.05, 4.69) is 9.97 Å². The van der Waals surface area contributed by atoms with Crippen molar-refractivity contribution in [3.8, 4) is 10.7 Å². The second kappa shape index (κ2) is 8.26. The van der Waals surface area contributed by atoms with Crippen molar-refractivity contribution >= 4 is 29.1 Å². The van der Waals surface area contributed by atoms with Crippen LogP contribution in [0.1, 0.15) is 34.6 Å². The third-order valence-electron chi connectivity index (χ3n) is 4.34. The van der Waals surface area contributed by atoms with Gasteiger partial charge in [-0.25, -0.2) is 9.78 Å².